The number of amides is 1. The largest absolute Gasteiger partial charge is 0.383 e. The van der Waals surface area contributed by atoms with Crippen molar-refractivity contribution in [3.05, 3.63) is 29.8 Å². The monoisotopic (exact) mass is 276 g/mol. The number of ether oxygens (including phenoxy) is 1. The maximum atomic E-state index is 11.9. The van der Waals surface area contributed by atoms with E-state index in [1.807, 2.05) is 24.3 Å². The summed E-state index contributed by atoms with van der Waals surface area (Å²) in [6.07, 6.45) is 2.22. The number of methoxy groups -OCH3 is 1. The predicted octanol–water partition coefficient (Wildman–Crippen LogP) is 2.66. The van der Waals surface area contributed by atoms with Crippen LogP contribution < -0.4 is 10.6 Å². The Morgan fingerprint density at radius 1 is 1.30 bits per heavy atom. The van der Waals surface area contributed by atoms with Crippen molar-refractivity contribution in [3.63, 3.8) is 0 Å². The molecule has 1 unspecified atom stereocenters. The maximum Gasteiger partial charge on any atom is 0.251 e. The van der Waals surface area contributed by atoms with Crippen LogP contribution in [0.4, 0.5) is 5.69 Å². The second kappa shape index (κ2) is 6.75. The Balaban J connectivity index is 1.94. The third kappa shape index (κ3) is 4.23. The van der Waals surface area contributed by atoms with Gasteiger partial charge in [-0.05, 0) is 43.0 Å². The van der Waals surface area contributed by atoms with Crippen LogP contribution in [0.3, 0.4) is 0 Å². The lowest BCUT2D eigenvalue weighted by Gasteiger charge is -2.22. The molecule has 20 heavy (non-hydrogen) atoms. The molecule has 2 rings (SSSR count). The third-order valence-electron chi connectivity index (χ3n) is 3.56. The highest BCUT2D eigenvalue weighted by Gasteiger charge is 2.23. The van der Waals surface area contributed by atoms with Gasteiger partial charge in [-0.15, -0.1) is 0 Å². The van der Waals surface area contributed by atoms with Crippen LogP contribution in [-0.2, 0) is 4.74 Å². The second-order valence-corrected chi connectivity index (χ2v) is 5.78. The first-order valence-corrected chi connectivity index (χ1v) is 7.26. The van der Waals surface area contributed by atoms with Gasteiger partial charge in [0, 0.05) is 24.4 Å². The van der Waals surface area contributed by atoms with Crippen molar-refractivity contribution in [1.29, 1.82) is 0 Å². The number of carbonyl (C=O) groups is 1. The van der Waals surface area contributed by atoms with E-state index in [9.17, 15) is 4.79 Å². The van der Waals surface area contributed by atoms with Gasteiger partial charge in [0.25, 0.3) is 5.91 Å². The van der Waals surface area contributed by atoms with Gasteiger partial charge in [-0.1, -0.05) is 13.8 Å². The van der Waals surface area contributed by atoms with Crippen LogP contribution in [-0.4, -0.2) is 31.7 Å². The third-order valence-corrected chi connectivity index (χ3v) is 3.56. The average Bonchev–Trinajstić information content (AvgIpc) is 3.22. The van der Waals surface area contributed by atoms with Crippen molar-refractivity contribution in [2.24, 2.45) is 5.92 Å². The lowest BCUT2D eigenvalue weighted by Crippen LogP contribution is -2.30. The van der Waals surface area contributed by atoms with Crippen LogP contribution in [0.2, 0.25) is 0 Å². The fourth-order valence-electron chi connectivity index (χ4n) is 2.01. The van der Waals surface area contributed by atoms with E-state index in [4.69, 9.17) is 4.74 Å². The minimum atomic E-state index is 0.0244. The van der Waals surface area contributed by atoms with Crippen molar-refractivity contribution >= 4 is 11.6 Å². The molecule has 110 valence electrons. The molecule has 0 aromatic heterocycles. The summed E-state index contributed by atoms with van der Waals surface area (Å²) in [5.74, 6) is 0.504. The van der Waals surface area contributed by atoms with Crippen molar-refractivity contribution in [2.75, 3.05) is 19.0 Å². The van der Waals surface area contributed by atoms with Gasteiger partial charge < -0.3 is 15.4 Å². The number of hydrogen-bond donors (Lipinski definition) is 2. The highest BCUT2D eigenvalue weighted by Crippen LogP contribution is 2.20. The molecule has 4 heteroatoms. The topological polar surface area (TPSA) is 50.4 Å². The molecule has 0 heterocycles. The Bertz CT molecular complexity index is 438. The van der Waals surface area contributed by atoms with Crippen LogP contribution >= 0.6 is 0 Å². The molecule has 1 aliphatic carbocycles. The van der Waals surface area contributed by atoms with E-state index in [0.29, 0.717) is 18.6 Å². The van der Waals surface area contributed by atoms with E-state index >= 15 is 0 Å². The molecule has 0 spiro atoms. The molecule has 1 fully saturated rings. The standard InChI is InChI=1S/C16H24N2O2/c1-11(2)15(10-20-3)17-13-6-4-12(5-7-13)16(19)18-14-8-9-14/h4-7,11,14-15,17H,8-10H2,1-3H3,(H,18,19). The van der Waals surface area contributed by atoms with Crippen molar-refractivity contribution < 1.29 is 9.53 Å². The lowest BCUT2D eigenvalue weighted by atomic mass is 10.0. The highest BCUT2D eigenvalue weighted by atomic mass is 16.5. The number of nitrogens with one attached hydrogen (secondary N) is 2. The van der Waals surface area contributed by atoms with Crippen LogP contribution in [0, 0.1) is 5.92 Å². The van der Waals surface area contributed by atoms with Crippen molar-refractivity contribution in [3.8, 4) is 0 Å². The Kier molecular flexibility index (Phi) is 5.01. The lowest BCUT2D eigenvalue weighted by molar-refractivity contribution is 0.0951. The van der Waals surface area contributed by atoms with Gasteiger partial charge in [0.1, 0.15) is 0 Å². The molecule has 1 aromatic carbocycles. The fraction of sp³-hybridized carbons (Fsp3) is 0.562. The summed E-state index contributed by atoms with van der Waals surface area (Å²) in [7, 11) is 1.71. The zero-order chi connectivity index (χ0) is 14.5. The van der Waals surface area contributed by atoms with Crippen LogP contribution in [0.25, 0.3) is 0 Å². The molecule has 1 atom stereocenters. The van der Waals surface area contributed by atoms with E-state index in [1.165, 1.54) is 0 Å². The summed E-state index contributed by atoms with van der Waals surface area (Å²) in [6.45, 7) is 4.99. The molecular weight excluding hydrogens is 252 g/mol. The molecule has 0 saturated heterocycles. The number of benzene rings is 1. The molecule has 0 radical (unpaired) electrons. The van der Waals surface area contributed by atoms with Gasteiger partial charge in [-0.2, -0.15) is 0 Å². The molecule has 4 nitrogen and oxygen atoms in total. The number of anilines is 1. The highest BCUT2D eigenvalue weighted by molar-refractivity contribution is 5.94. The number of hydrogen-bond acceptors (Lipinski definition) is 3. The van der Waals surface area contributed by atoms with Gasteiger partial charge >= 0.3 is 0 Å². The predicted molar refractivity (Wildman–Crippen MR) is 81.1 cm³/mol. The first-order valence-electron chi connectivity index (χ1n) is 7.26. The van der Waals surface area contributed by atoms with E-state index < -0.39 is 0 Å². The van der Waals surface area contributed by atoms with Gasteiger partial charge in [-0.3, -0.25) is 4.79 Å². The molecule has 1 aromatic rings. The Hall–Kier alpha value is -1.55. The summed E-state index contributed by atoms with van der Waals surface area (Å²) in [4.78, 5) is 11.9. The zero-order valence-corrected chi connectivity index (χ0v) is 12.5. The van der Waals surface area contributed by atoms with Crippen LogP contribution in [0.15, 0.2) is 24.3 Å². The molecule has 1 aliphatic rings. The van der Waals surface area contributed by atoms with Gasteiger partial charge in [-0.25, -0.2) is 0 Å². The van der Waals surface area contributed by atoms with Crippen LogP contribution in [0.5, 0.6) is 0 Å². The molecule has 1 amide bonds. The van der Waals surface area contributed by atoms with Crippen molar-refractivity contribution in [2.45, 2.75) is 38.8 Å². The van der Waals surface area contributed by atoms with E-state index in [0.717, 1.165) is 24.1 Å². The van der Waals surface area contributed by atoms with Crippen molar-refractivity contribution in [1.82, 2.24) is 5.32 Å². The minimum absolute atomic E-state index is 0.0244. The fourth-order valence-corrected chi connectivity index (χ4v) is 2.01. The number of rotatable bonds is 7. The average molecular weight is 276 g/mol. The summed E-state index contributed by atoms with van der Waals surface area (Å²) in [6, 6.07) is 8.30. The second-order valence-electron chi connectivity index (χ2n) is 5.78. The first kappa shape index (κ1) is 14.9. The summed E-state index contributed by atoms with van der Waals surface area (Å²) < 4.78 is 5.22. The Morgan fingerprint density at radius 3 is 2.45 bits per heavy atom. The number of carbonyl (C=O) groups excluding carboxylic acids is 1. The SMILES string of the molecule is COCC(Nc1ccc(C(=O)NC2CC2)cc1)C(C)C. The van der Waals surface area contributed by atoms with E-state index in [1.54, 1.807) is 7.11 Å². The minimum Gasteiger partial charge on any atom is -0.383 e. The molecule has 0 bridgehead atoms. The van der Waals surface area contributed by atoms with E-state index in [2.05, 4.69) is 24.5 Å². The first-order chi connectivity index (χ1) is 9.60. The zero-order valence-electron chi connectivity index (χ0n) is 12.5. The molecule has 1 saturated carbocycles. The Labute approximate surface area is 120 Å². The van der Waals surface area contributed by atoms with Gasteiger partial charge in [0.2, 0.25) is 0 Å². The summed E-state index contributed by atoms with van der Waals surface area (Å²) >= 11 is 0. The molecule has 2 N–H and O–H groups in total. The van der Waals surface area contributed by atoms with E-state index in [-0.39, 0.29) is 11.9 Å². The van der Waals surface area contributed by atoms with Gasteiger partial charge in [0.15, 0.2) is 0 Å². The Morgan fingerprint density at radius 2 is 1.95 bits per heavy atom. The summed E-state index contributed by atoms with van der Waals surface area (Å²) in [5.41, 5.74) is 1.74. The molecule has 0 aliphatic heterocycles. The quantitative estimate of drug-likeness (QED) is 0.805. The maximum absolute atomic E-state index is 11.9. The van der Waals surface area contributed by atoms with Crippen LogP contribution in [0.1, 0.15) is 37.0 Å². The normalized spacial score (nSPS) is 16.0. The smallest absolute Gasteiger partial charge is 0.251 e. The summed E-state index contributed by atoms with van der Waals surface area (Å²) in [5, 5.41) is 6.43. The van der Waals surface area contributed by atoms with Gasteiger partial charge in [0.05, 0.1) is 12.6 Å². The molecular formula is C16H24N2O2.